The van der Waals surface area contributed by atoms with Gasteiger partial charge in [0.25, 0.3) is 11.8 Å². The molecule has 0 saturated heterocycles. The molecule has 4 amide bonds. The first-order valence-electron chi connectivity index (χ1n) is 16.9. The third-order valence-electron chi connectivity index (χ3n) is 7.44. The van der Waals surface area contributed by atoms with Crippen molar-refractivity contribution in [1.82, 2.24) is 16.0 Å². The molecule has 0 aromatic heterocycles. The summed E-state index contributed by atoms with van der Waals surface area (Å²) in [5.41, 5.74) is 4.24. The number of unbranched alkanes of at least 4 members (excludes halogenated alkanes) is 5. The van der Waals surface area contributed by atoms with Crippen LogP contribution in [0, 0.1) is 31.1 Å². The maximum atomic E-state index is 12.7. The Morgan fingerprint density at radius 3 is 1.59 bits per heavy atom. The minimum atomic E-state index is -0.293. The number of ketones is 1. The Labute approximate surface area is 318 Å². The van der Waals surface area contributed by atoms with Gasteiger partial charge in [0.15, 0.2) is 0 Å². The van der Waals surface area contributed by atoms with Crippen LogP contribution in [0.2, 0.25) is 0 Å². The van der Waals surface area contributed by atoms with E-state index < -0.39 is 0 Å². The van der Waals surface area contributed by atoms with Crippen LogP contribution in [0.15, 0.2) is 72.8 Å². The van der Waals surface area contributed by atoms with Crippen LogP contribution in [-0.4, -0.2) is 62.5 Å². The predicted octanol–water partition coefficient (Wildman–Crippen LogP) is 4.56. The van der Waals surface area contributed by atoms with Gasteiger partial charge in [0.2, 0.25) is 0 Å². The summed E-state index contributed by atoms with van der Waals surface area (Å²) in [4.78, 5) is 49.5. The van der Waals surface area contributed by atoms with E-state index >= 15 is 0 Å². The third-order valence-corrected chi connectivity index (χ3v) is 7.44. The molecule has 49 heavy (non-hydrogen) atoms. The summed E-state index contributed by atoms with van der Waals surface area (Å²) in [6.45, 7) is 1.53. The molecule has 0 spiro atoms. The number of anilines is 1. The molecular formula is C36H49BN4O6PU. The van der Waals surface area contributed by atoms with E-state index in [0.29, 0.717) is 49.3 Å². The summed E-state index contributed by atoms with van der Waals surface area (Å²) < 4.78 is 6.05. The van der Waals surface area contributed by atoms with Gasteiger partial charge in [-0.05, 0) is 86.5 Å². The van der Waals surface area contributed by atoms with Gasteiger partial charge in [0.05, 0.1) is 0 Å². The van der Waals surface area contributed by atoms with Crippen molar-refractivity contribution >= 4 is 46.0 Å². The number of aliphatic hydroxyl groups is 2. The smallest absolute Gasteiger partial charge is 0.319 e. The van der Waals surface area contributed by atoms with Crippen LogP contribution in [0.1, 0.15) is 88.8 Å². The van der Waals surface area contributed by atoms with Gasteiger partial charge in [-0.2, -0.15) is 9.12 Å². The first-order valence-corrected chi connectivity index (χ1v) is 17.0. The van der Waals surface area contributed by atoms with Gasteiger partial charge in [0.1, 0.15) is 13.3 Å². The Bertz CT molecular complexity index is 1310. The van der Waals surface area contributed by atoms with Crippen molar-refractivity contribution in [3.05, 3.63) is 101 Å². The van der Waals surface area contributed by atoms with E-state index in [2.05, 4.69) is 30.4 Å². The second kappa shape index (κ2) is 26.8. The van der Waals surface area contributed by atoms with E-state index in [9.17, 15) is 19.2 Å². The zero-order valence-corrected chi connectivity index (χ0v) is 33.3. The number of rotatable bonds is 20. The fourth-order valence-corrected chi connectivity index (χ4v) is 4.72. The number of urea groups is 1. The molecule has 1 atom stereocenters. The quantitative estimate of drug-likeness (QED) is 0.0555. The molecular weight excluding hydrogens is 864 g/mol. The van der Waals surface area contributed by atoms with Gasteiger partial charge < -0.3 is 31.5 Å². The van der Waals surface area contributed by atoms with Crippen molar-refractivity contribution in [2.45, 2.75) is 70.9 Å². The fraction of sp³-hybridized carbons (Fsp3) is 0.389. The van der Waals surface area contributed by atoms with Gasteiger partial charge >= 0.3 is 6.03 Å². The molecule has 0 aliphatic heterocycles. The summed E-state index contributed by atoms with van der Waals surface area (Å²) in [7, 11) is 3.29. The van der Waals surface area contributed by atoms with Crippen molar-refractivity contribution in [1.29, 1.82) is 1.34 Å². The average Bonchev–Trinajstić information content (AvgIpc) is 3.11. The van der Waals surface area contributed by atoms with Gasteiger partial charge in [-0.25, -0.2) is 4.79 Å². The molecule has 13 heteroatoms. The molecule has 3 aromatic carbocycles. The van der Waals surface area contributed by atoms with Gasteiger partial charge in [-0.15, -0.1) is 0 Å². The van der Waals surface area contributed by atoms with Crippen LogP contribution in [0.4, 0.5) is 10.5 Å². The molecule has 6 N–H and O–H groups in total. The predicted molar refractivity (Wildman–Crippen MR) is 195 cm³/mol. The van der Waals surface area contributed by atoms with E-state index in [4.69, 9.17) is 11.5 Å². The van der Waals surface area contributed by atoms with E-state index in [1.165, 1.54) is 7.53 Å². The van der Waals surface area contributed by atoms with E-state index in [-0.39, 0.29) is 68.0 Å². The summed E-state index contributed by atoms with van der Waals surface area (Å²) >= 11 is 0. The number of hydrogen-bond acceptors (Lipinski definition) is 6. The second-order valence-electron chi connectivity index (χ2n) is 11.2. The van der Waals surface area contributed by atoms with Crippen LogP contribution < -0.4 is 21.3 Å². The van der Waals surface area contributed by atoms with Crippen molar-refractivity contribution in [2.24, 2.45) is 0 Å². The maximum absolute atomic E-state index is 12.7. The Morgan fingerprint density at radius 1 is 0.633 bits per heavy atom. The minimum absolute atomic E-state index is 0. The van der Waals surface area contributed by atoms with Crippen LogP contribution in [0.3, 0.4) is 0 Å². The van der Waals surface area contributed by atoms with Crippen LogP contribution >= 0.6 is 9.12 Å². The standard InChI is InChI=1S/C36H46N4O6.BH3P.U/c41-22-6-2-1-4-8-33(43)24-27-9-11-28(12-10-27)25-38-34(44)30-15-17-31(18-16-30)35(45)39-26-29-13-19-32(20-14-29)40-36(46)37-21-5-3-7-23-42;1-2;/h9-20,41-42H,1-8,21-26H2,(H,38,44)(H,39,45)(H2,37,40,46);1H,2H2;/i;1T;. The van der Waals surface area contributed by atoms with Crippen molar-refractivity contribution in [2.75, 3.05) is 25.1 Å². The Morgan fingerprint density at radius 2 is 1.08 bits per heavy atom. The zero-order valence-electron chi connectivity index (χ0n) is 29.0. The molecule has 0 saturated carbocycles. The van der Waals surface area contributed by atoms with Gasteiger partial charge in [-0.3, -0.25) is 14.4 Å². The number of amides is 4. The third kappa shape index (κ3) is 18.5. The molecule has 1 radical (unpaired) electrons. The zero-order chi connectivity index (χ0) is 35.7. The number of aliphatic hydroxyl groups excluding tert-OH is 2. The van der Waals surface area contributed by atoms with Gasteiger partial charge in [0, 0.05) is 93.6 Å². The number of carbonyl (C=O) groups excluding carboxylic acids is 4. The molecule has 0 fully saturated rings. The largest absolute Gasteiger partial charge is 0.396 e. The first-order chi connectivity index (χ1) is 23.8. The Kier molecular flexibility index (Phi) is 23.1. The summed E-state index contributed by atoms with van der Waals surface area (Å²) in [5, 5.41) is 28.9. The summed E-state index contributed by atoms with van der Waals surface area (Å²) in [6, 6.07) is 21.0. The maximum Gasteiger partial charge on any atom is 0.319 e. The molecule has 3 aromatic rings. The average molecular weight is 916 g/mol. The van der Waals surface area contributed by atoms with Crippen LogP contribution in [0.5, 0.6) is 0 Å². The number of Topliss-reactive ketones (excluding diaryl/α,β-unsaturated/α-hetero) is 1. The van der Waals surface area contributed by atoms with E-state index in [0.717, 1.165) is 61.6 Å². The van der Waals surface area contributed by atoms with E-state index in [1.807, 2.05) is 36.4 Å². The molecule has 1 unspecified atom stereocenters. The molecule has 0 aliphatic rings. The number of benzene rings is 3. The minimum Gasteiger partial charge on any atom is -0.396 e. The molecule has 0 heterocycles. The fourth-order valence-electron chi connectivity index (χ4n) is 4.72. The molecule has 261 valence electrons. The molecule has 0 bridgehead atoms. The normalized spacial score (nSPS) is 10.3. The van der Waals surface area contributed by atoms with E-state index in [1.54, 1.807) is 36.4 Å². The van der Waals surface area contributed by atoms with Crippen molar-refractivity contribution in [3.63, 3.8) is 0 Å². The molecule has 3 rings (SSSR count). The summed E-state index contributed by atoms with van der Waals surface area (Å²) in [5.74, 6) is -0.319. The van der Waals surface area contributed by atoms with Crippen molar-refractivity contribution in [3.8, 4) is 0 Å². The van der Waals surface area contributed by atoms with Crippen LogP contribution in [-0.2, 0) is 24.3 Å². The number of carbonyl (C=O) groups is 4. The van der Waals surface area contributed by atoms with Crippen molar-refractivity contribution < 1.29 is 60.5 Å². The Hall–Kier alpha value is -2.99. The second-order valence-corrected chi connectivity index (χ2v) is 11.2. The summed E-state index contributed by atoms with van der Waals surface area (Å²) in [6.07, 6.45) is 6.85. The first kappa shape index (κ1) is 42.2. The molecule has 0 aliphatic carbocycles. The molecule has 10 nitrogen and oxygen atoms in total. The Balaban J connectivity index is 0.00000301. The van der Waals surface area contributed by atoms with Crippen LogP contribution in [0.25, 0.3) is 0 Å². The monoisotopic (exact) mass is 915 g/mol. The van der Waals surface area contributed by atoms with Gasteiger partial charge in [-0.1, -0.05) is 49.2 Å². The number of hydrogen-bond donors (Lipinski definition) is 6. The topological polar surface area (TPSA) is 157 Å². The number of nitrogens with one attached hydrogen (secondary N) is 4. The SMILES string of the molecule is O=C(CCCCCCO)Cc1ccc(CNC(=O)c2ccc(C(=O)NCc3ccc(NC(=O)NCCCCCO)cc3)cc2)cc1.[3H][B]P.[U].